The van der Waals surface area contributed by atoms with Gasteiger partial charge in [-0.15, -0.1) is 0 Å². The molecule has 0 rings (SSSR count). The third-order valence-corrected chi connectivity index (χ3v) is 6.19. The fourth-order valence-corrected chi connectivity index (χ4v) is 4.26. The van der Waals surface area contributed by atoms with Crippen LogP contribution in [0.2, 0.25) is 0 Å². The first-order chi connectivity index (χ1) is 14.1. The topological polar surface area (TPSA) is 90.0 Å². The predicted molar refractivity (Wildman–Crippen MR) is 120 cm³/mol. The van der Waals surface area contributed by atoms with Gasteiger partial charge in [-0.1, -0.05) is 33.1 Å². The summed E-state index contributed by atoms with van der Waals surface area (Å²) in [5.74, 6) is 0.152. The van der Waals surface area contributed by atoms with Crippen molar-refractivity contribution in [1.82, 2.24) is 4.31 Å². The van der Waals surface area contributed by atoms with Crippen LogP contribution in [0.25, 0.3) is 0 Å². The molecule has 1 unspecified atom stereocenters. The van der Waals surface area contributed by atoms with E-state index in [0.29, 0.717) is 44.9 Å². The van der Waals surface area contributed by atoms with E-state index in [-0.39, 0.29) is 18.0 Å². The lowest BCUT2D eigenvalue weighted by Gasteiger charge is -2.22. The van der Waals surface area contributed by atoms with Crippen LogP contribution in [0.5, 0.6) is 0 Å². The summed E-state index contributed by atoms with van der Waals surface area (Å²) in [5, 5.41) is 0. The predicted octanol–water partition coefficient (Wildman–Crippen LogP) is 4.30. The maximum atomic E-state index is 12.1. The van der Waals surface area contributed by atoms with E-state index in [1.807, 2.05) is 0 Å². The number of unbranched alkanes of at least 4 members (excludes halogenated alkanes) is 3. The van der Waals surface area contributed by atoms with Crippen LogP contribution in [0.3, 0.4) is 0 Å². The van der Waals surface area contributed by atoms with Crippen LogP contribution in [-0.4, -0.2) is 56.7 Å². The first kappa shape index (κ1) is 28.9. The highest BCUT2D eigenvalue weighted by atomic mass is 32.2. The minimum atomic E-state index is -3.28. The molecule has 0 spiro atoms. The van der Waals surface area contributed by atoms with Crippen molar-refractivity contribution in [3.63, 3.8) is 0 Å². The third-order valence-electron chi connectivity index (χ3n) is 4.89. The SMILES string of the molecule is CCOC(=O)CCCCCCN(CCCC(CCCC(C)C)OC(C)=O)S(C)(=O)=O. The maximum Gasteiger partial charge on any atom is 0.305 e. The molecule has 0 radical (unpaired) electrons. The molecule has 0 aliphatic heterocycles. The maximum absolute atomic E-state index is 12.1. The van der Waals surface area contributed by atoms with Crippen molar-refractivity contribution in [2.24, 2.45) is 5.92 Å². The summed E-state index contributed by atoms with van der Waals surface area (Å²) in [7, 11) is -3.28. The van der Waals surface area contributed by atoms with Gasteiger partial charge in [0.1, 0.15) is 6.10 Å². The molecule has 30 heavy (non-hydrogen) atoms. The van der Waals surface area contributed by atoms with Gasteiger partial charge in [0, 0.05) is 26.4 Å². The second kappa shape index (κ2) is 16.5. The van der Waals surface area contributed by atoms with Crippen LogP contribution in [0.1, 0.15) is 91.9 Å². The molecule has 0 aliphatic carbocycles. The highest BCUT2D eigenvalue weighted by Crippen LogP contribution is 2.16. The highest BCUT2D eigenvalue weighted by Gasteiger charge is 2.18. The Kier molecular flexibility index (Phi) is 15.9. The molecule has 0 N–H and O–H groups in total. The van der Waals surface area contributed by atoms with E-state index >= 15 is 0 Å². The fraction of sp³-hybridized carbons (Fsp3) is 0.909. The van der Waals surface area contributed by atoms with Gasteiger partial charge in [-0.25, -0.2) is 12.7 Å². The summed E-state index contributed by atoms with van der Waals surface area (Å²) >= 11 is 0. The Bertz CT molecular complexity index is 576. The molecule has 0 bridgehead atoms. The molecule has 8 heteroatoms. The first-order valence-corrected chi connectivity index (χ1v) is 13.2. The lowest BCUT2D eigenvalue weighted by Crippen LogP contribution is -2.32. The lowest BCUT2D eigenvalue weighted by atomic mass is 10.0. The van der Waals surface area contributed by atoms with E-state index in [9.17, 15) is 18.0 Å². The van der Waals surface area contributed by atoms with Crippen molar-refractivity contribution in [3.8, 4) is 0 Å². The van der Waals surface area contributed by atoms with Gasteiger partial charge in [0.2, 0.25) is 10.0 Å². The summed E-state index contributed by atoms with van der Waals surface area (Å²) < 4.78 is 36.0. The average Bonchev–Trinajstić information content (AvgIpc) is 2.61. The van der Waals surface area contributed by atoms with Crippen LogP contribution < -0.4 is 0 Å². The number of esters is 2. The summed E-state index contributed by atoms with van der Waals surface area (Å²) in [4.78, 5) is 22.7. The quantitative estimate of drug-likeness (QED) is 0.229. The van der Waals surface area contributed by atoms with Crippen molar-refractivity contribution in [2.45, 2.75) is 98.0 Å². The van der Waals surface area contributed by atoms with E-state index in [2.05, 4.69) is 13.8 Å². The van der Waals surface area contributed by atoms with Gasteiger partial charge in [-0.2, -0.15) is 0 Å². The van der Waals surface area contributed by atoms with Gasteiger partial charge in [0.05, 0.1) is 12.9 Å². The van der Waals surface area contributed by atoms with Crippen molar-refractivity contribution in [3.05, 3.63) is 0 Å². The molecule has 0 aromatic heterocycles. The van der Waals surface area contributed by atoms with Crippen LogP contribution in [0.15, 0.2) is 0 Å². The zero-order valence-corrected chi connectivity index (χ0v) is 20.5. The fourth-order valence-electron chi connectivity index (χ4n) is 3.33. The Balaban J connectivity index is 4.31. The normalized spacial score (nSPS) is 12.9. The third kappa shape index (κ3) is 16.6. The highest BCUT2D eigenvalue weighted by molar-refractivity contribution is 7.88. The van der Waals surface area contributed by atoms with Crippen LogP contribution in [0, 0.1) is 5.92 Å². The molecule has 0 aromatic rings. The van der Waals surface area contributed by atoms with Gasteiger partial charge in [-0.05, 0) is 51.4 Å². The minimum absolute atomic E-state index is 0.148. The monoisotopic (exact) mass is 449 g/mol. The summed E-state index contributed by atoms with van der Waals surface area (Å²) in [5.41, 5.74) is 0. The molecule has 0 fully saturated rings. The Morgan fingerprint density at radius 1 is 0.900 bits per heavy atom. The molecule has 0 saturated carbocycles. The summed E-state index contributed by atoms with van der Waals surface area (Å²) in [6.07, 6.45) is 9.01. The van der Waals surface area contributed by atoms with Crippen LogP contribution in [-0.2, 0) is 29.1 Å². The Hall–Kier alpha value is -1.15. The summed E-state index contributed by atoms with van der Waals surface area (Å²) in [6.45, 7) is 8.85. The van der Waals surface area contributed by atoms with Crippen molar-refractivity contribution < 1.29 is 27.5 Å². The second-order valence-corrected chi connectivity index (χ2v) is 10.3. The van der Waals surface area contributed by atoms with Crippen LogP contribution in [0.4, 0.5) is 0 Å². The molecular weight excluding hydrogens is 406 g/mol. The number of carbonyl (C=O) groups excluding carboxylic acids is 2. The lowest BCUT2D eigenvalue weighted by molar-refractivity contribution is -0.147. The van der Waals surface area contributed by atoms with Gasteiger partial charge in [0.25, 0.3) is 0 Å². The van der Waals surface area contributed by atoms with E-state index in [0.717, 1.165) is 44.9 Å². The van der Waals surface area contributed by atoms with Crippen molar-refractivity contribution >= 4 is 22.0 Å². The number of hydrogen-bond acceptors (Lipinski definition) is 6. The van der Waals surface area contributed by atoms with E-state index in [4.69, 9.17) is 9.47 Å². The van der Waals surface area contributed by atoms with E-state index in [1.165, 1.54) is 17.5 Å². The molecule has 1 atom stereocenters. The molecule has 0 aromatic carbocycles. The van der Waals surface area contributed by atoms with Crippen molar-refractivity contribution in [2.75, 3.05) is 26.0 Å². The standard InChI is InChI=1S/C22H43NO6S/c1-6-28-22(25)16-9-7-8-10-17-23(30(5,26)27)18-12-15-21(29-20(4)24)14-11-13-19(2)3/h19,21H,6-18H2,1-5H3. The Morgan fingerprint density at radius 3 is 2.07 bits per heavy atom. The van der Waals surface area contributed by atoms with Crippen LogP contribution >= 0.6 is 0 Å². The second-order valence-electron chi connectivity index (χ2n) is 8.33. The van der Waals surface area contributed by atoms with Crippen molar-refractivity contribution in [1.29, 1.82) is 0 Å². The molecule has 0 amide bonds. The van der Waals surface area contributed by atoms with E-state index in [1.54, 1.807) is 6.92 Å². The molecule has 0 heterocycles. The Morgan fingerprint density at radius 2 is 1.50 bits per heavy atom. The number of ether oxygens (including phenoxy) is 2. The number of carbonyl (C=O) groups is 2. The smallest absolute Gasteiger partial charge is 0.305 e. The number of sulfonamides is 1. The molecule has 7 nitrogen and oxygen atoms in total. The number of rotatable bonds is 18. The van der Waals surface area contributed by atoms with Gasteiger partial charge < -0.3 is 9.47 Å². The molecule has 0 aliphatic rings. The minimum Gasteiger partial charge on any atom is -0.466 e. The number of nitrogens with zero attached hydrogens (tertiary/aromatic N) is 1. The Labute approximate surface area is 183 Å². The molecule has 0 saturated heterocycles. The van der Waals surface area contributed by atoms with Gasteiger partial charge in [-0.3, -0.25) is 9.59 Å². The van der Waals surface area contributed by atoms with Gasteiger partial charge >= 0.3 is 11.9 Å². The molecule has 178 valence electrons. The van der Waals surface area contributed by atoms with Gasteiger partial charge in [0.15, 0.2) is 0 Å². The largest absolute Gasteiger partial charge is 0.466 e. The zero-order valence-electron chi connectivity index (χ0n) is 19.7. The van der Waals surface area contributed by atoms with E-state index < -0.39 is 10.0 Å². The first-order valence-electron chi connectivity index (χ1n) is 11.3. The number of hydrogen-bond donors (Lipinski definition) is 0. The average molecular weight is 450 g/mol. The summed E-state index contributed by atoms with van der Waals surface area (Å²) in [6, 6.07) is 0. The zero-order chi connectivity index (χ0) is 23.0. The molecular formula is C22H43NO6S.